The Kier molecular flexibility index (Phi) is 2.67. The Morgan fingerprint density at radius 2 is 2.50 bits per heavy atom. The van der Waals surface area contributed by atoms with Crippen LogP contribution in [0.3, 0.4) is 0 Å². The van der Waals surface area contributed by atoms with Crippen molar-refractivity contribution in [3.63, 3.8) is 0 Å². The third-order valence-corrected chi connectivity index (χ3v) is 2.66. The van der Waals surface area contributed by atoms with Crippen molar-refractivity contribution < 1.29 is 0 Å². The van der Waals surface area contributed by atoms with Gasteiger partial charge < -0.3 is 5.32 Å². The van der Waals surface area contributed by atoms with Crippen LogP contribution < -0.4 is 5.32 Å². The Morgan fingerprint density at radius 1 is 1.64 bits per heavy atom. The van der Waals surface area contributed by atoms with E-state index in [-0.39, 0.29) is 6.04 Å². The molecule has 1 aliphatic rings. The fraction of sp³-hybridized carbons (Fsp3) is 0.400. The fourth-order valence-electron chi connectivity index (χ4n) is 1.76. The summed E-state index contributed by atoms with van der Waals surface area (Å²) >= 11 is 5.72. The predicted molar refractivity (Wildman–Crippen MR) is 53.9 cm³/mol. The molecule has 0 bridgehead atoms. The SMILES string of the molecule is N#Cc1cc(Cl)ncc1C1CCCN1. The van der Waals surface area contributed by atoms with Crippen molar-refractivity contribution in [2.75, 3.05) is 6.54 Å². The second kappa shape index (κ2) is 3.95. The summed E-state index contributed by atoms with van der Waals surface area (Å²) < 4.78 is 0. The van der Waals surface area contributed by atoms with Crippen LogP contribution in [-0.4, -0.2) is 11.5 Å². The molecule has 3 nitrogen and oxygen atoms in total. The largest absolute Gasteiger partial charge is 0.310 e. The van der Waals surface area contributed by atoms with Crippen LogP contribution in [0, 0.1) is 11.3 Å². The lowest BCUT2D eigenvalue weighted by Gasteiger charge is -2.11. The topological polar surface area (TPSA) is 48.7 Å². The summed E-state index contributed by atoms with van der Waals surface area (Å²) in [7, 11) is 0. The molecule has 1 unspecified atom stereocenters. The van der Waals surface area contributed by atoms with Crippen molar-refractivity contribution >= 4 is 11.6 Å². The summed E-state index contributed by atoms with van der Waals surface area (Å²) in [6.45, 7) is 1.01. The lowest BCUT2D eigenvalue weighted by atomic mass is 10.0. The van der Waals surface area contributed by atoms with Gasteiger partial charge in [-0.1, -0.05) is 11.6 Å². The van der Waals surface area contributed by atoms with Crippen molar-refractivity contribution in [2.24, 2.45) is 0 Å². The first-order chi connectivity index (χ1) is 6.81. The molecule has 0 spiro atoms. The molecule has 72 valence electrons. The summed E-state index contributed by atoms with van der Waals surface area (Å²) in [5, 5.41) is 12.6. The third kappa shape index (κ3) is 1.72. The van der Waals surface area contributed by atoms with Gasteiger partial charge in [-0.05, 0) is 25.5 Å². The number of halogens is 1. The Morgan fingerprint density at radius 3 is 3.14 bits per heavy atom. The number of nitriles is 1. The molecule has 2 rings (SSSR count). The van der Waals surface area contributed by atoms with Gasteiger partial charge in [0.1, 0.15) is 5.15 Å². The van der Waals surface area contributed by atoms with E-state index in [9.17, 15) is 0 Å². The summed E-state index contributed by atoms with van der Waals surface area (Å²) in [5.74, 6) is 0. The van der Waals surface area contributed by atoms with Crippen molar-refractivity contribution in [1.82, 2.24) is 10.3 Å². The Labute approximate surface area is 87.7 Å². The van der Waals surface area contributed by atoms with Crippen LogP contribution in [0.1, 0.15) is 30.0 Å². The van der Waals surface area contributed by atoms with Gasteiger partial charge in [0.2, 0.25) is 0 Å². The van der Waals surface area contributed by atoms with Crippen molar-refractivity contribution in [1.29, 1.82) is 5.26 Å². The first-order valence-electron chi connectivity index (χ1n) is 4.60. The molecule has 0 radical (unpaired) electrons. The van der Waals surface area contributed by atoms with Crippen molar-refractivity contribution in [3.8, 4) is 6.07 Å². The normalized spacial score (nSPS) is 20.7. The van der Waals surface area contributed by atoms with Crippen LogP contribution in [0.25, 0.3) is 0 Å². The zero-order valence-corrected chi connectivity index (χ0v) is 8.38. The van der Waals surface area contributed by atoms with Gasteiger partial charge in [-0.2, -0.15) is 5.26 Å². The maximum absolute atomic E-state index is 8.94. The van der Waals surface area contributed by atoms with E-state index < -0.39 is 0 Å². The molecule has 0 amide bonds. The fourth-order valence-corrected chi connectivity index (χ4v) is 1.92. The Balaban J connectivity index is 2.37. The summed E-state index contributed by atoms with van der Waals surface area (Å²) in [6, 6.07) is 4.04. The molecule has 2 heterocycles. The minimum Gasteiger partial charge on any atom is -0.310 e. The number of nitrogens with zero attached hydrogens (tertiary/aromatic N) is 2. The van der Waals surface area contributed by atoms with E-state index in [1.165, 1.54) is 0 Å². The predicted octanol–water partition coefficient (Wildman–Crippen LogP) is 2.03. The molecule has 1 N–H and O–H groups in total. The molecule has 1 aliphatic heterocycles. The summed E-state index contributed by atoms with van der Waals surface area (Å²) in [6.07, 6.45) is 3.92. The van der Waals surface area contributed by atoms with Crippen LogP contribution in [0.2, 0.25) is 5.15 Å². The molecule has 1 atom stereocenters. The van der Waals surface area contributed by atoms with Crippen molar-refractivity contribution in [3.05, 3.63) is 28.5 Å². The number of aromatic nitrogens is 1. The molecular formula is C10H10ClN3. The van der Waals surface area contributed by atoms with Crippen molar-refractivity contribution in [2.45, 2.75) is 18.9 Å². The molecule has 1 fully saturated rings. The Hall–Kier alpha value is -1.11. The van der Waals surface area contributed by atoms with E-state index in [4.69, 9.17) is 16.9 Å². The highest BCUT2D eigenvalue weighted by atomic mass is 35.5. The lowest BCUT2D eigenvalue weighted by molar-refractivity contribution is 0.643. The van der Waals surface area contributed by atoms with E-state index >= 15 is 0 Å². The molecule has 1 aromatic heterocycles. The first kappa shape index (κ1) is 9.45. The molecule has 4 heteroatoms. The van der Waals surface area contributed by atoms with Gasteiger partial charge in [0.05, 0.1) is 11.6 Å². The van der Waals surface area contributed by atoms with E-state index in [0.29, 0.717) is 10.7 Å². The smallest absolute Gasteiger partial charge is 0.130 e. The lowest BCUT2D eigenvalue weighted by Crippen LogP contribution is -2.14. The van der Waals surface area contributed by atoms with Crippen LogP contribution >= 0.6 is 11.6 Å². The maximum atomic E-state index is 8.94. The van der Waals surface area contributed by atoms with Crippen LogP contribution in [0.5, 0.6) is 0 Å². The second-order valence-corrected chi connectivity index (χ2v) is 3.74. The van der Waals surface area contributed by atoms with Gasteiger partial charge in [-0.25, -0.2) is 4.98 Å². The second-order valence-electron chi connectivity index (χ2n) is 3.36. The molecule has 0 aliphatic carbocycles. The first-order valence-corrected chi connectivity index (χ1v) is 4.98. The minimum atomic E-state index is 0.273. The maximum Gasteiger partial charge on any atom is 0.130 e. The monoisotopic (exact) mass is 207 g/mol. The van der Waals surface area contributed by atoms with Crippen LogP contribution in [0.15, 0.2) is 12.3 Å². The van der Waals surface area contributed by atoms with Gasteiger partial charge in [-0.3, -0.25) is 0 Å². The summed E-state index contributed by atoms with van der Waals surface area (Å²) in [5.41, 5.74) is 1.60. The summed E-state index contributed by atoms with van der Waals surface area (Å²) in [4.78, 5) is 4.01. The zero-order chi connectivity index (χ0) is 9.97. The van der Waals surface area contributed by atoms with E-state index in [1.807, 2.05) is 0 Å². The standard InChI is InChI=1S/C10H10ClN3/c11-10-4-7(5-12)8(6-14-10)9-2-1-3-13-9/h4,6,9,13H,1-3H2. The number of pyridine rings is 1. The van der Waals surface area contributed by atoms with Gasteiger partial charge in [0.15, 0.2) is 0 Å². The van der Waals surface area contributed by atoms with Gasteiger partial charge in [0, 0.05) is 17.8 Å². The van der Waals surface area contributed by atoms with Crippen LogP contribution in [0.4, 0.5) is 0 Å². The molecule has 1 aromatic rings. The molecule has 14 heavy (non-hydrogen) atoms. The Bertz CT molecular complexity index is 377. The average Bonchev–Trinajstić information content (AvgIpc) is 2.70. The van der Waals surface area contributed by atoms with E-state index in [0.717, 1.165) is 24.9 Å². The molecule has 0 saturated carbocycles. The number of hydrogen-bond donors (Lipinski definition) is 1. The molecule has 0 aromatic carbocycles. The minimum absolute atomic E-state index is 0.273. The quantitative estimate of drug-likeness (QED) is 0.717. The molecular weight excluding hydrogens is 198 g/mol. The number of hydrogen-bond acceptors (Lipinski definition) is 3. The highest BCUT2D eigenvalue weighted by molar-refractivity contribution is 6.29. The number of rotatable bonds is 1. The highest BCUT2D eigenvalue weighted by Crippen LogP contribution is 2.26. The third-order valence-electron chi connectivity index (χ3n) is 2.46. The zero-order valence-electron chi connectivity index (χ0n) is 7.63. The van der Waals surface area contributed by atoms with Gasteiger partial charge in [0.25, 0.3) is 0 Å². The molecule has 1 saturated heterocycles. The highest BCUT2D eigenvalue weighted by Gasteiger charge is 2.19. The van der Waals surface area contributed by atoms with Gasteiger partial charge >= 0.3 is 0 Å². The average molecular weight is 208 g/mol. The van der Waals surface area contributed by atoms with Crippen LogP contribution in [-0.2, 0) is 0 Å². The number of nitrogens with one attached hydrogen (secondary N) is 1. The van der Waals surface area contributed by atoms with Gasteiger partial charge in [-0.15, -0.1) is 0 Å². The van der Waals surface area contributed by atoms with E-state index in [2.05, 4.69) is 16.4 Å². The van der Waals surface area contributed by atoms with E-state index in [1.54, 1.807) is 12.3 Å².